The van der Waals surface area contributed by atoms with Gasteiger partial charge in [0, 0.05) is 6.54 Å². The van der Waals surface area contributed by atoms with Crippen LogP contribution in [0.4, 0.5) is 4.79 Å². The normalized spacial score (nSPS) is 25.8. The SMILES string of the molecule is CC1CCC2(CC1)NC(=O)N(CN(C)CCCOc1ccccc1)C2=O. The van der Waals surface area contributed by atoms with E-state index >= 15 is 0 Å². The Morgan fingerprint density at radius 1 is 1.23 bits per heavy atom. The maximum absolute atomic E-state index is 12.8. The molecule has 1 saturated carbocycles. The molecule has 0 radical (unpaired) electrons. The second kappa shape index (κ2) is 8.08. The van der Waals surface area contributed by atoms with Crippen LogP contribution in [0.15, 0.2) is 30.3 Å². The lowest BCUT2D eigenvalue weighted by Gasteiger charge is -2.33. The number of hydrogen-bond acceptors (Lipinski definition) is 4. The van der Waals surface area contributed by atoms with Gasteiger partial charge in [0.05, 0.1) is 13.3 Å². The van der Waals surface area contributed by atoms with Crippen LogP contribution >= 0.6 is 0 Å². The number of nitrogens with zero attached hydrogens (tertiary/aromatic N) is 2. The summed E-state index contributed by atoms with van der Waals surface area (Å²) in [6.07, 6.45) is 4.32. The lowest BCUT2D eigenvalue weighted by Crippen LogP contribution is -2.50. The quantitative estimate of drug-likeness (QED) is 0.601. The van der Waals surface area contributed by atoms with E-state index in [1.807, 2.05) is 42.3 Å². The summed E-state index contributed by atoms with van der Waals surface area (Å²) in [6, 6.07) is 9.46. The van der Waals surface area contributed by atoms with Gasteiger partial charge < -0.3 is 10.1 Å². The molecule has 1 aromatic carbocycles. The Labute approximate surface area is 155 Å². The molecule has 0 aromatic heterocycles. The molecule has 2 fully saturated rings. The van der Waals surface area contributed by atoms with E-state index in [9.17, 15) is 9.59 Å². The number of imide groups is 1. The van der Waals surface area contributed by atoms with Crippen molar-refractivity contribution >= 4 is 11.9 Å². The molecule has 2 aliphatic rings. The van der Waals surface area contributed by atoms with Gasteiger partial charge in [0.25, 0.3) is 5.91 Å². The fraction of sp³-hybridized carbons (Fsp3) is 0.600. The molecule has 0 bridgehead atoms. The molecule has 1 spiro atoms. The largest absolute Gasteiger partial charge is 0.494 e. The van der Waals surface area contributed by atoms with Crippen LogP contribution in [-0.2, 0) is 4.79 Å². The van der Waals surface area contributed by atoms with Crippen LogP contribution < -0.4 is 10.1 Å². The predicted molar refractivity (Wildman–Crippen MR) is 99.8 cm³/mol. The third kappa shape index (κ3) is 4.18. The smallest absolute Gasteiger partial charge is 0.326 e. The van der Waals surface area contributed by atoms with E-state index in [4.69, 9.17) is 4.74 Å². The first kappa shape index (κ1) is 18.7. The molecule has 6 heteroatoms. The summed E-state index contributed by atoms with van der Waals surface area (Å²) in [4.78, 5) is 28.5. The van der Waals surface area contributed by atoms with Gasteiger partial charge in [-0.3, -0.25) is 9.69 Å². The molecule has 0 unspecified atom stereocenters. The van der Waals surface area contributed by atoms with Crippen molar-refractivity contribution in [1.82, 2.24) is 15.1 Å². The summed E-state index contributed by atoms with van der Waals surface area (Å²) in [5, 5.41) is 2.97. The van der Waals surface area contributed by atoms with Crippen molar-refractivity contribution in [2.75, 3.05) is 26.9 Å². The first-order valence-electron chi connectivity index (χ1n) is 9.51. The lowest BCUT2D eigenvalue weighted by molar-refractivity contribution is -0.134. The molecule has 3 amide bonds. The van der Waals surface area contributed by atoms with Gasteiger partial charge >= 0.3 is 6.03 Å². The van der Waals surface area contributed by atoms with E-state index in [2.05, 4.69) is 12.2 Å². The van der Waals surface area contributed by atoms with E-state index in [1.54, 1.807) is 0 Å². The summed E-state index contributed by atoms with van der Waals surface area (Å²) in [7, 11) is 1.93. The maximum atomic E-state index is 12.8. The summed E-state index contributed by atoms with van der Waals surface area (Å²) in [5.41, 5.74) is -0.652. The van der Waals surface area contributed by atoms with Crippen LogP contribution in [0.1, 0.15) is 39.0 Å². The number of carbonyl (C=O) groups is 2. The number of benzene rings is 1. The average molecular weight is 359 g/mol. The third-order valence-corrected chi connectivity index (χ3v) is 5.45. The fourth-order valence-electron chi connectivity index (χ4n) is 3.75. The van der Waals surface area contributed by atoms with E-state index in [-0.39, 0.29) is 11.9 Å². The van der Waals surface area contributed by atoms with E-state index in [0.29, 0.717) is 19.2 Å². The van der Waals surface area contributed by atoms with Crippen molar-refractivity contribution in [2.45, 2.75) is 44.6 Å². The number of carbonyl (C=O) groups excluding carboxylic acids is 2. The van der Waals surface area contributed by atoms with Crippen LogP contribution in [0.25, 0.3) is 0 Å². The number of hydrogen-bond donors (Lipinski definition) is 1. The number of nitrogens with one attached hydrogen (secondary N) is 1. The number of ether oxygens (including phenoxy) is 1. The Balaban J connectivity index is 1.44. The highest BCUT2D eigenvalue weighted by atomic mass is 16.5. The molecule has 26 heavy (non-hydrogen) atoms. The van der Waals surface area contributed by atoms with E-state index < -0.39 is 5.54 Å². The molecule has 1 heterocycles. The Morgan fingerprint density at radius 3 is 2.62 bits per heavy atom. The molecule has 1 aliphatic heterocycles. The summed E-state index contributed by atoms with van der Waals surface area (Å²) >= 11 is 0. The molecule has 1 aromatic rings. The fourth-order valence-corrected chi connectivity index (χ4v) is 3.75. The zero-order chi connectivity index (χ0) is 18.6. The van der Waals surface area contributed by atoms with Gasteiger partial charge in [0.15, 0.2) is 0 Å². The molecule has 1 aliphatic carbocycles. The van der Waals surface area contributed by atoms with Crippen LogP contribution in [0.5, 0.6) is 5.75 Å². The zero-order valence-corrected chi connectivity index (χ0v) is 15.7. The van der Waals surface area contributed by atoms with Crippen molar-refractivity contribution in [3.8, 4) is 5.75 Å². The van der Waals surface area contributed by atoms with Gasteiger partial charge in [-0.25, -0.2) is 9.69 Å². The lowest BCUT2D eigenvalue weighted by atomic mass is 9.77. The van der Waals surface area contributed by atoms with Crippen LogP contribution in [0.2, 0.25) is 0 Å². The Hall–Kier alpha value is -2.08. The third-order valence-electron chi connectivity index (χ3n) is 5.45. The Bertz CT molecular complexity index is 626. The van der Waals surface area contributed by atoms with Gasteiger partial charge in [-0.1, -0.05) is 25.1 Å². The van der Waals surface area contributed by atoms with Crippen molar-refractivity contribution < 1.29 is 14.3 Å². The van der Waals surface area contributed by atoms with Crippen LogP contribution in [-0.4, -0.2) is 54.1 Å². The van der Waals surface area contributed by atoms with Crippen molar-refractivity contribution in [1.29, 1.82) is 0 Å². The van der Waals surface area contributed by atoms with Gasteiger partial charge in [-0.15, -0.1) is 0 Å². The molecular weight excluding hydrogens is 330 g/mol. The molecule has 142 valence electrons. The number of amides is 3. The highest BCUT2D eigenvalue weighted by Gasteiger charge is 2.52. The molecule has 3 rings (SSSR count). The van der Waals surface area contributed by atoms with Gasteiger partial charge in [0.2, 0.25) is 0 Å². The number of para-hydroxylation sites is 1. The van der Waals surface area contributed by atoms with Gasteiger partial charge in [-0.05, 0) is 57.2 Å². The summed E-state index contributed by atoms with van der Waals surface area (Å²) < 4.78 is 5.68. The summed E-state index contributed by atoms with van der Waals surface area (Å²) in [6.45, 7) is 3.90. The topological polar surface area (TPSA) is 61.9 Å². The predicted octanol–water partition coefficient (Wildman–Crippen LogP) is 2.85. The minimum absolute atomic E-state index is 0.0539. The van der Waals surface area contributed by atoms with Crippen LogP contribution in [0.3, 0.4) is 0 Å². The number of urea groups is 1. The first-order chi connectivity index (χ1) is 12.5. The molecular formula is C20H29N3O3. The minimum atomic E-state index is -0.652. The van der Waals surface area contributed by atoms with Gasteiger partial charge in [0.1, 0.15) is 11.3 Å². The van der Waals surface area contributed by atoms with E-state index in [1.165, 1.54) is 4.90 Å². The summed E-state index contributed by atoms with van der Waals surface area (Å²) in [5.74, 6) is 1.44. The standard InChI is InChI=1S/C20H29N3O3/c1-16-9-11-20(12-10-16)18(24)23(19(25)21-20)15-22(2)13-6-14-26-17-7-4-3-5-8-17/h3-5,7-8,16H,6,9-15H2,1-2H3,(H,21,25). The first-order valence-corrected chi connectivity index (χ1v) is 9.51. The Kier molecular flexibility index (Phi) is 5.81. The average Bonchev–Trinajstić information content (AvgIpc) is 2.87. The second-order valence-corrected chi connectivity index (χ2v) is 7.66. The second-order valence-electron chi connectivity index (χ2n) is 7.66. The van der Waals surface area contributed by atoms with Crippen LogP contribution in [0, 0.1) is 5.92 Å². The van der Waals surface area contributed by atoms with E-state index in [0.717, 1.165) is 44.4 Å². The molecule has 6 nitrogen and oxygen atoms in total. The highest BCUT2D eigenvalue weighted by Crippen LogP contribution is 2.36. The Morgan fingerprint density at radius 2 is 1.92 bits per heavy atom. The monoisotopic (exact) mass is 359 g/mol. The van der Waals surface area contributed by atoms with Crippen molar-refractivity contribution in [3.63, 3.8) is 0 Å². The highest BCUT2D eigenvalue weighted by molar-refractivity contribution is 6.07. The van der Waals surface area contributed by atoms with Crippen molar-refractivity contribution in [3.05, 3.63) is 30.3 Å². The zero-order valence-electron chi connectivity index (χ0n) is 15.7. The molecule has 1 saturated heterocycles. The maximum Gasteiger partial charge on any atom is 0.326 e. The van der Waals surface area contributed by atoms with Crippen molar-refractivity contribution in [2.24, 2.45) is 5.92 Å². The van der Waals surface area contributed by atoms with Gasteiger partial charge in [-0.2, -0.15) is 0 Å². The minimum Gasteiger partial charge on any atom is -0.494 e. The molecule has 0 atom stereocenters. The molecule has 1 N–H and O–H groups in total. The number of rotatable bonds is 7.